The summed E-state index contributed by atoms with van der Waals surface area (Å²) in [5.74, 6) is 1.41. The Morgan fingerprint density at radius 3 is 2.57 bits per heavy atom. The van der Waals surface area contributed by atoms with Gasteiger partial charge in [-0.1, -0.05) is 0 Å². The second-order valence-corrected chi connectivity index (χ2v) is 6.03. The van der Waals surface area contributed by atoms with Crippen molar-refractivity contribution < 1.29 is 13.6 Å². The lowest BCUT2D eigenvalue weighted by molar-refractivity contribution is 0.0650. The third-order valence-corrected chi connectivity index (χ3v) is 4.23. The molecule has 5 nitrogen and oxygen atoms in total. The second kappa shape index (κ2) is 5.61. The van der Waals surface area contributed by atoms with Crippen LogP contribution in [0.1, 0.15) is 38.1 Å². The van der Waals surface area contributed by atoms with E-state index in [2.05, 4.69) is 10.3 Å². The van der Waals surface area contributed by atoms with Gasteiger partial charge in [0.25, 0.3) is 0 Å². The Labute approximate surface area is 122 Å². The van der Waals surface area contributed by atoms with Crippen molar-refractivity contribution in [2.75, 3.05) is 7.05 Å². The SMILES string of the molecule is CN(Cc1nccn1C(F)F)C(=O)NC(C1CC1)C1CC1. The van der Waals surface area contributed by atoms with E-state index in [1.807, 2.05) is 0 Å². The molecule has 0 spiro atoms. The number of amides is 2. The molecule has 0 atom stereocenters. The van der Waals surface area contributed by atoms with Crippen LogP contribution in [0, 0.1) is 11.8 Å². The molecule has 0 aromatic carbocycles. The maximum atomic E-state index is 12.8. The first-order valence-corrected chi connectivity index (χ1v) is 7.37. The quantitative estimate of drug-likeness (QED) is 0.877. The molecule has 1 aromatic heterocycles. The highest BCUT2D eigenvalue weighted by Crippen LogP contribution is 2.44. The highest BCUT2D eigenvalue weighted by molar-refractivity contribution is 5.74. The molecule has 1 N–H and O–H groups in total. The maximum Gasteiger partial charge on any atom is 0.319 e. The van der Waals surface area contributed by atoms with Gasteiger partial charge in [-0.25, -0.2) is 9.78 Å². The molecule has 1 aromatic rings. The third-order valence-electron chi connectivity index (χ3n) is 4.23. The van der Waals surface area contributed by atoms with Gasteiger partial charge in [-0.05, 0) is 37.5 Å². The maximum absolute atomic E-state index is 12.8. The molecule has 2 amide bonds. The molecule has 21 heavy (non-hydrogen) atoms. The zero-order valence-corrected chi connectivity index (χ0v) is 12.0. The molecule has 2 aliphatic carbocycles. The normalized spacial score (nSPS) is 18.3. The number of aromatic nitrogens is 2. The minimum Gasteiger partial charge on any atom is -0.335 e. The van der Waals surface area contributed by atoms with Crippen LogP contribution in [-0.4, -0.2) is 33.6 Å². The van der Waals surface area contributed by atoms with Crippen molar-refractivity contribution in [1.82, 2.24) is 19.8 Å². The molecule has 0 bridgehead atoms. The highest BCUT2D eigenvalue weighted by atomic mass is 19.3. The molecule has 0 saturated heterocycles. The van der Waals surface area contributed by atoms with Gasteiger partial charge in [-0.2, -0.15) is 8.78 Å². The Morgan fingerprint density at radius 1 is 1.43 bits per heavy atom. The Bertz CT molecular complexity index is 499. The van der Waals surface area contributed by atoms with Gasteiger partial charge in [0.05, 0.1) is 6.54 Å². The molecule has 0 unspecified atom stereocenters. The summed E-state index contributed by atoms with van der Waals surface area (Å²) in [7, 11) is 1.61. The molecule has 2 fully saturated rings. The van der Waals surface area contributed by atoms with Crippen LogP contribution >= 0.6 is 0 Å². The summed E-state index contributed by atoms with van der Waals surface area (Å²) in [6, 6.07) is 0.0532. The van der Waals surface area contributed by atoms with Gasteiger partial charge in [-0.15, -0.1) is 0 Å². The van der Waals surface area contributed by atoms with Gasteiger partial charge < -0.3 is 10.2 Å². The largest absolute Gasteiger partial charge is 0.335 e. The van der Waals surface area contributed by atoms with E-state index in [-0.39, 0.29) is 24.4 Å². The zero-order chi connectivity index (χ0) is 15.0. The van der Waals surface area contributed by atoms with Crippen molar-refractivity contribution in [3.05, 3.63) is 18.2 Å². The molecule has 0 radical (unpaired) electrons. The molecule has 7 heteroatoms. The number of hydrogen-bond acceptors (Lipinski definition) is 2. The number of nitrogens with zero attached hydrogens (tertiary/aromatic N) is 3. The van der Waals surface area contributed by atoms with Gasteiger partial charge in [0, 0.05) is 25.5 Å². The van der Waals surface area contributed by atoms with Crippen LogP contribution in [0.4, 0.5) is 13.6 Å². The second-order valence-electron chi connectivity index (χ2n) is 6.03. The first-order chi connectivity index (χ1) is 10.1. The first-order valence-electron chi connectivity index (χ1n) is 7.37. The number of urea groups is 1. The van der Waals surface area contributed by atoms with Crippen molar-refractivity contribution >= 4 is 6.03 Å². The zero-order valence-electron chi connectivity index (χ0n) is 12.0. The molecule has 116 valence electrons. The van der Waals surface area contributed by atoms with Crippen LogP contribution in [0.3, 0.4) is 0 Å². The average molecular weight is 298 g/mol. The van der Waals surface area contributed by atoms with E-state index < -0.39 is 6.55 Å². The Morgan fingerprint density at radius 2 is 2.05 bits per heavy atom. The van der Waals surface area contributed by atoms with Crippen molar-refractivity contribution in [3.63, 3.8) is 0 Å². The van der Waals surface area contributed by atoms with E-state index in [4.69, 9.17) is 0 Å². The fourth-order valence-electron chi connectivity index (χ4n) is 2.71. The molecule has 0 aliphatic heterocycles. The third kappa shape index (κ3) is 3.33. The summed E-state index contributed by atoms with van der Waals surface area (Å²) >= 11 is 0. The Kier molecular flexibility index (Phi) is 3.82. The topological polar surface area (TPSA) is 50.2 Å². The fourth-order valence-corrected chi connectivity index (χ4v) is 2.71. The fraction of sp³-hybridized carbons (Fsp3) is 0.714. The van der Waals surface area contributed by atoms with E-state index in [1.54, 1.807) is 7.05 Å². The summed E-state index contributed by atoms with van der Waals surface area (Å²) < 4.78 is 26.3. The number of nitrogens with one attached hydrogen (secondary N) is 1. The molecular formula is C14H20F2N4O. The van der Waals surface area contributed by atoms with Gasteiger partial charge in [0.2, 0.25) is 0 Å². The monoisotopic (exact) mass is 298 g/mol. The summed E-state index contributed by atoms with van der Waals surface area (Å²) in [6.07, 6.45) is 7.27. The predicted molar refractivity (Wildman–Crippen MR) is 72.7 cm³/mol. The van der Waals surface area contributed by atoms with E-state index in [0.29, 0.717) is 11.8 Å². The van der Waals surface area contributed by atoms with Crippen molar-refractivity contribution in [1.29, 1.82) is 0 Å². The standard InChI is InChI=1S/C14H20F2N4O/c1-19(8-11-17-6-7-20(11)13(15)16)14(21)18-12(9-2-3-9)10-4-5-10/h6-7,9-10,12-13H,2-5,8H2,1H3,(H,18,21). The van der Waals surface area contributed by atoms with Crippen molar-refractivity contribution in [3.8, 4) is 0 Å². The number of hydrogen-bond donors (Lipinski definition) is 1. The van der Waals surface area contributed by atoms with Crippen LogP contribution in [0.25, 0.3) is 0 Å². The molecule has 3 rings (SSSR count). The number of halogens is 2. The van der Waals surface area contributed by atoms with E-state index in [0.717, 1.165) is 4.57 Å². The summed E-state index contributed by atoms with van der Waals surface area (Å²) in [5.41, 5.74) is 0. The van der Waals surface area contributed by atoms with Crippen molar-refractivity contribution in [2.45, 2.75) is 44.8 Å². The lowest BCUT2D eigenvalue weighted by Crippen LogP contribution is -2.45. The van der Waals surface area contributed by atoms with Crippen molar-refractivity contribution in [2.24, 2.45) is 11.8 Å². The van der Waals surface area contributed by atoms with Crippen LogP contribution < -0.4 is 5.32 Å². The Balaban J connectivity index is 1.57. The summed E-state index contributed by atoms with van der Waals surface area (Å²) in [4.78, 5) is 17.5. The minimum atomic E-state index is -2.63. The summed E-state index contributed by atoms with van der Waals surface area (Å²) in [6.45, 7) is -2.56. The number of carbonyl (C=O) groups excluding carboxylic acids is 1. The van der Waals surface area contributed by atoms with Gasteiger partial charge in [0.1, 0.15) is 5.82 Å². The van der Waals surface area contributed by atoms with Gasteiger partial charge in [-0.3, -0.25) is 4.57 Å². The number of imidazole rings is 1. The highest BCUT2D eigenvalue weighted by Gasteiger charge is 2.42. The smallest absolute Gasteiger partial charge is 0.319 e. The predicted octanol–water partition coefficient (Wildman–Crippen LogP) is 2.61. The molecule has 1 heterocycles. The molecule has 2 saturated carbocycles. The van der Waals surface area contributed by atoms with Crippen LogP contribution in [0.5, 0.6) is 0 Å². The first kappa shape index (κ1) is 14.3. The van der Waals surface area contributed by atoms with E-state index >= 15 is 0 Å². The number of rotatable bonds is 6. The summed E-state index contributed by atoms with van der Waals surface area (Å²) in [5, 5.41) is 3.06. The van der Waals surface area contributed by atoms with Gasteiger partial charge in [0.15, 0.2) is 0 Å². The van der Waals surface area contributed by atoms with Crippen LogP contribution in [0.2, 0.25) is 0 Å². The number of alkyl halides is 2. The Hall–Kier alpha value is -1.66. The number of carbonyl (C=O) groups is 1. The van der Waals surface area contributed by atoms with E-state index in [9.17, 15) is 13.6 Å². The lowest BCUT2D eigenvalue weighted by atomic mass is 10.1. The van der Waals surface area contributed by atoms with Crippen LogP contribution in [-0.2, 0) is 6.54 Å². The van der Waals surface area contributed by atoms with Gasteiger partial charge >= 0.3 is 12.6 Å². The van der Waals surface area contributed by atoms with Crippen LogP contribution in [0.15, 0.2) is 12.4 Å². The molecular weight excluding hydrogens is 278 g/mol. The van der Waals surface area contributed by atoms with E-state index in [1.165, 1.54) is 43.0 Å². The average Bonchev–Trinajstić information content (AvgIpc) is 3.35. The minimum absolute atomic E-state index is 0.0746. The molecule has 2 aliphatic rings. The lowest BCUT2D eigenvalue weighted by Gasteiger charge is -2.23.